The minimum absolute atomic E-state index is 0.0388. The Morgan fingerprint density at radius 2 is 2.00 bits per heavy atom. The van der Waals surface area contributed by atoms with E-state index in [0.29, 0.717) is 30.6 Å². The zero-order chi connectivity index (χ0) is 26.8. The Labute approximate surface area is 219 Å². The fraction of sp³-hybridized carbons (Fsp3) is 0.241. The first kappa shape index (κ1) is 23.7. The Hall–Kier alpha value is -4.66. The molecule has 3 aliphatic rings. The van der Waals surface area contributed by atoms with E-state index >= 15 is 0 Å². The summed E-state index contributed by atoms with van der Waals surface area (Å²) in [5, 5.41) is 5.90. The van der Waals surface area contributed by atoms with E-state index < -0.39 is 5.41 Å². The summed E-state index contributed by atoms with van der Waals surface area (Å²) in [7, 11) is 1.93. The highest BCUT2D eigenvalue weighted by Gasteiger charge is 2.50. The molecule has 2 amide bonds. The van der Waals surface area contributed by atoms with Gasteiger partial charge in [-0.1, -0.05) is 25.3 Å². The van der Waals surface area contributed by atoms with Crippen molar-refractivity contribution in [3.8, 4) is 0 Å². The van der Waals surface area contributed by atoms with Crippen LogP contribution in [0.3, 0.4) is 0 Å². The van der Waals surface area contributed by atoms with Gasteiger partial charge in [0.2, 0.25) is 11.8 Å². The normalized spacial score (nSPS) is 20.1. The molecule has 192 valence electrons. The number of para-hydroxylation sites is 1. The van der Waals surface area contributed by atoms with Crippen molar-refractivity contribution in [1.29, 1.82) is 0 Å². The number of amides is 2. The van der Waals surface area contributed by atoms with Gasteiger partial charge in [0.15, 0.2) is 0 Å². The van der Waals surface area contributed by atoms with Crippen LogP contribution in [0, 0.1) is 5.41 Å². The van der Waals surface area contributed by atoms with Crippen LogP contribution in [-0.2, 0) is 35.5 Å². The van der Waals surface area contributed by atoms with Gasteiger partial charge in [0.05, 0.1) is 28.7 Å². The smallest absolute Gasteiger partial charge is 0.330 e. The largest absolute Gasteiger partial charge is 0.345 e. The van der Waals surface area contributed by atoms with Crippen LogP contribution in [0.25, 0.3) is 11.0 Å². The second kappa shape index (κ2) is 8.44. The van der Waals surface area contributed by atoms with Gasteiger partial charge in [-0.05, 0) is 55.2 Å². The number of likely N-dealkylation sites (N-methyl/N-ethyl adjacent to an activating group) is 1. The molecular formula is C29H28N6O3. The van der Waals surface area contributed by atoms with Crippen LogP contribution in [-0.4, -0.2) is 34.2 Å². The highest BCUT2D eigenvalue weighted by atomic mass is 16.2. The highest BCUT2D eigenvalue weighted by molar-refractivity contribution is 6.02. The molecule has 1 unspecified atom stereocenters. The standard InChI is InChI=1S/C29H28N6O3/c1-5-30-14-22-18(3)31-27(37)29(22)12-19-9-10-21(11-20(19)13-29)32-25(36)16-34-24-8-6-7-23-26(24)35(28(34)38)15-17(2)33(23)4/h5-11,14H,1-2,12-13,15-16H2,3-4H3,(H,31,37)(H,32,36). The van der Waals surface area contributed by atoms with Crippen molar-refractivity contribution in [3.63, 3.8) is 0 Å². The van der Waals surface area contributed by atoms with Gasteiger partial charge >= 0.3 is 5.69 Å². The first-order chi connectivity index (χ1) is 18.2. The summed E-state index contributed by atoms with van der Waals surface area (Å²) in [6, 6.07) is 11.4. The number of hydrogen-bond acceptors (Lipinski definition) is 5. The van der Waals surface area contributed by atoms with Crippen LogP contribution in [0.5, 0.6) is 0 Å². The maximum absolute atomic E-state index is 13.2. The minimum atomic E-state index is -0.710. The predicted octanol–water partition coefficient (Wildman–Crippen LogP) is 3.11. The van der Waals surface area contributed by atoms with E-state index in [4.69, 9.17) is 0 Å². The van der Waals surface area contributed by atoms with E-state index in [-0.39, 0.29) is 24.0 Å². The van der Waals surface area contributed by atoms with Crippen LogP contribution in [0.15, 0.2) is 82.5 Å². The lowest BCUT2D eigenvalue weighted by Crippen LogP contribution is -2.35. The summed E-state index contributed by atoms with van der Waals surface area (Å²) in [5.41, 5.74) is 6.62. The van der Waals surface area contributed by atoms with E-state index in [9.17, 15) is 14.4 Å². The number of rotatable bonds is 5. The topological polar surface area (TPSA) is 101 Å². The van der Waals surface area contributed by atoms with Crippen molar-refractivity contribution in [1.82, 2.24) is 14.5 Å². The number of carbonyl (C=O) groups is 2. The number of hydrogen-bond donors (Lipinski definition) is 2. The molecule has 9 nitrogen and oxygen atoms in total. The van der Waals surface area contributed by atoms with Crippen molar-refractivity contribution >= 4 is 40.4 Å². The van der Waals surface area contributed by atoms with Gasteiger partial charge in [0.25, 0.3) is 0 Å². The average Bonchev–Trinajstić information content (AvgIpc) is 3.47. The molecule has 9 heteroatoms. The zero-order valence-electron chi connectivity index (χ0n) is 21.4. The summed E-state index contributed by atoms with van der Waals surface area (Å²) in [6.07, 6.45) is 4.24. The first-order valence-electron chi connectivity index (χ1n) is 12.5. The Bertz CT molecular complexity index is 1700. The third-order valence-corrected chi connectivity index (χ3v) is 7.93. The summed E-state index contributed by atoms with van der Waals surface area (Å²) in [4.78, 5) is 45.5. The van der Waals surface area contributed by atoms with E-state index in [1.54, 1.807) is 10.8 Å². The zero-order valence-corrected chi connectivity index (χ0v) is 21.4. The highest BCUT2D eigenvalue weighted by Crippen LogP contribution is 2.46. The molecule has 3 heterocycles. The summed E-state index contributed by atoms with van der Waals surface area (Å²) in [6.45, 7) is 9.85. The van der Waals surface area contributed by atoms with Crippen LogP contribution in [0.2, 0.25) is 0 Å². The van der Waals surface area contributed by atoms with Crippen LogP contribution in [0.4, 0.5) is 11.4 Å². The van der Waals surface area contributed by atoms with E-state index in [1.807, 2.05) is 55.3 Å². The molecule has 0 saturated carbocycles. The third-order valence-electron chi connectivity index (χ3n) is 7.93. The molecule has 1 spiro atoms. The van der Waals surface area contributed by atoms with Crippen molar-refractivity contribution in [2.45, 2.75) is 32.9 Å². The van der Waals surface area contributed by atoms with Crippen molar-refractivity contribution < 1.29 is 9.59 Å². The lowest BCUT2D eigenvalue weighted by atomic mass is 9.78. The molecule has 2 aromatic carbocycles. The molecule has 0 radical (unpaired) electrons. The predicted molar refractivity (Wildman–Crippen MR) is 148 cm³/mol. The molecule has 2 aliphatic heterocycles. The fourth-order valence-electron chi connectivity index (χ4n) is 6.02. The number of allylic oxidation sites excluding steroid dienone is 2. The molecule has 0 bridgehead atoms. The van der Waals surface area contributed by atoms with Crippen molar-refractivity contribution in [2.75, 3.05) is 17.3 Å². The van der Waals surface area contributed by atoms with Gasteiger partial charge in [-0.2, -0.15) is 0 Å². The molecule has 6 rings (SSSR count). The average molecular weight is 509 g/mol. The summed E-state index contributed by atoms with van der Waals surface area (Å²) in [5.74, 6) is -0.341. The maximum atomic E-state index is 13.2. The van der Waals surface area contributed by atoms with E-state index in [1.165, 1.54) is 10.8 Å². The molecule has 0 saturated heterocycles. The van der Waals surface area contributed by atoms with Gasteiger partial charge < -0.3 is 15.5 Å². The molecule has 3 aromatic rings. The molecular weight excluding hydrogens is 480 g/mol. The van der Waals surface area contributed by atoms with Crippen molar-refractivity contribution in [3.05, 3.63) is 94.3 Å². The molecule has 1 aliphatic carbocycles. The number of nitrogens with one attached hydrogen (secondary N) is 2. The first-order valence-corrected chi connectivity index (χ1v) is 12.5. The number of aliphatic imine (C=N–C) groups is 1. The molecule has 1 atom stereocenters. The number of fused-ring (bicyclic) bond motifs is 1. The Morgan fingerprint density at radius 3 is 2.79 bits per heavy atom. The molecule has 0 fully saturated rings. The van der Waals surface area contributed by atoms with Gasteiger partial charge in [-0.15, -0.1) is 0 Å². The van der Waals surface area contributed by atoms with E-state index in [2.05, 4.69) is 28.8 Å². The van der Waals surface area contributed by atoms with Crippen LogP contribution < -0.4 is 21.2 Å². The Kier molecular flexibility index (Phi) is 5.27. The number of anilines is 2. The lowest BCUT2D eigenvalue weighted by Gasteiger charge is -2.27. The quantitative estimate of drug-likeness (QED) is 0.517. The van der Waals surface area contributed by atoms with Crippen LogP contribution >= 0.6 is 0 Å². The minimum Gasteiger partial charge on any atom is -0.345 e. The molecule has 2 N–H and O–H groups in total. The third kappa shape index (κ3) is 3.38. The number of nitrogens with zero attached hydrogens (tertiary/aromatic N) is 4. The SMILES string of the molecule is C=CN=CC1=C(C)NC(=O)C12Cc1ccc(NC(=O)Cn3c(=O)n4c5c(cccc53)N(C)C(=C)C4)cc1C2. The summed E-state index contributed by atoms with van der Waals surface area (Å²) < 4.78 is 3.18. The van der Waals surface area contributed by atoms with Crippen LogP contribution in [0.1, 0.15) is 18.1 Å². The van der Waals surface area contributed by atoms with E-state index in [0.717, 1.165) is 39.3 Å². The van der Waals surface area contributed by atoms with Gasteiger partial charge in [0, 0.05) is 42.1 Å². The van der Waals surface area contributed by atoms with Gasteiger partial charge in [-0.25, -0.2) is 4.79 Å². The molecule has 1 aromatic heterocycles. The maximum Gasteiger partial charge on any atom is 0.330 e. The summed E-state index contributed by atoms with van der Waals surface area (Å²) >= 11 is 0. The monoisotopic (exact) mass is 508 g/mol. The molecule has 38 heavy (non-hydrogen) atoms. The van der Waals surface area contributed by atoms with Gasteiger partial charge in [-0.3, -0.25) is 23.7 Å². The number of carbonyl (C=O) groups excluding carboxylic acids is 2. The number of benzene rings is 2. The second-order valence-electron chi connectivity index (χ2n) is 10.1. The van der Waals surface area contributed by atoms with Gasteiger partial charge in [0.1, 0.15) is 6.54 Å². The Balaban J connectivity index is 1.25. The van der Waals surface area contributed by atoms with Crippen molar-refractivity contribution in [2.24, 2.45) is 10.4 Å². The number of aromatic nitrogens is 2. The second-order valence-corrected chi connectivity index (χ2v) is 10.1. The fourth-order valence-corrected chi connectivity index (χ4v) is 6.02. The number of imidazole rings is 1. The lowest BCUT2D eigenvalue weighted by molar-refractivity contribution is -0.126. The Morgan fingerprint density at radius 1 is 1.21 bits per heavy atom.